The average Bonchev–Trinajstić information content (AvgIpc) is 2.40. The summed E-state index contributed by atoms with van der Waals surface area (Å²) in [6.45, 7) is 0.584. The molecule has 19 heavy (non-hydrogen) atoms. The van der Waals surface area contributed by atoms with E-state index >= 15 is 0 Å². The number of nitrogen functional groups attached to an aromatic ring is 1. The van der Waals surface area contributed by atoms with Crippen LogP contribution < -0.4 is 10.5 Å². The number of halogens is 2. The third-order valence-electron chi connectivity index (χ3n) is 2.41. The molecule has 2 N–H and O–H groups in total. The van der Waals surface area contributed by atoms with Gasteiger partial charge in [-0.2, -0.15) is 0 Å². The van der Waals surface area contributed by atoms with Crippen molar-refractivity contribution in [1.29, 1.82) is 0 Å². The lowest BCUT2D eigenvalue weighted by molar-refractivity contribution is 0.344. The summed E-state index contributed by atoms with van der Waals surface area (Å²) in [5.41, 5.74) is 6.69. The van der Waals surface area contributed by atoms with Crippen molar-refractivity contribution < 1.29 is 4.74 Å². The highest BCUT2D eigenvalue weighted by Crippen LogP contribution is 2.28. The lowest BCUT2D eigenvalue weighted by Gasteiger charge is -2.09. The topological polar surface area (TPSA) is 35.2 Å². The van der Waals surface area contributed by atoms with E-state index in [4.69, 9.17) is 22.1 Å². The number of anilines is 1. The summed E-state index contributed by atoms with van der Waals surface area (Å²) in [5, 5.41) is 0.634. The maximum absolute atomic E-state index is 6.01. The summed E-state index contributed by atoms with van der Waals surface area (Å²) in [6.07, 6.45) is 0. The van der Waals surface area contributed by atoms with Gasteiger partial charge in [-0.05, 0) is 30.3 Å². The molecule has 0 aliphatic carbocycles. The maximum atomic E-state index is 6.01. The zero-order valence-electron chi connectivity index (χ0n) is 10.1. The zero-order chi connectivity index (χ0) is 13.7. The summed E-state index contributed by atoms with van der Waals surface area (Å²) in [6, 6.07) is 13.3. The second kappa shape index (κ2) is 7.08. The van der Waals surface area contributed by atoms with Gasteiger partial charge in [0.15, 0.2) is 0 Å². The first-order valence-electron chi connectivity index (χ1n) is 5.72. The Kier molecular flexibility index (Phi) is 5.43. The molecule has 2 aromatic rings. The number of hydrogen-bond donors (Lipinski definition) is 1. The van der Waals surface area contributed by atoms with E-state index in [-0.39, 0.29) is 0 Å². The molecule has 0 amide bonds. The van der Waals surface area contributed by atoms with Crippen LogP contribution in [0.25, 0.3) is 0 Å². The Morgan fingerprint density at radius 2 is 2.00 bits per heavy atom. The molecule has 0 saturated carbocycles. The molecule has 0 radical (unpaired) electrons. The van der Waals surface area contributed by atoms with Crippen LogP contribution in [0.2, 0.25) is 5.02 Å². The van der Waals surface area contributed by atoms with Crippen LogP contribution in [0.1, 0.15) is 0 Å². The molecule has 0 aliphatic heterocycles. The molecule has 5 heteroatoms. The lowest BCUT2D eigenvalue weighted by atomic mass is 10.3. The summed E-state index contributed by atoms with van der Waals surface area (Å²) in [4.78, 5) is 1.05. The lowest BCUT2D eigenvalue weighted by Crippen LogP contribution is -2.01. The molecular weight excluding hydrogens is 346 g/mol. The van der Waals surface area contributed by atoms with Crippen molar-refractivity contribution in [3.63, 3.8) is 0 Å². The fourth-order valence-corrected chi connectivity index (χ4v) is 3.03. The molecule has 0 aromatic heterocycles. The van der Waals surface area contributed by atoms with Crippen LogP contribution in [0.15, 0.2) is 51.8 Å². The van der Waals surface area contributed by atoms with Gasteiger partial charge in [-0.3, -0.25) is 0 Å². The fourth-order valence-electron chi connectivity index (χ4n) is 1.50. The smallest absolute Gasteiger partial charge is 0.137 e. The second-order valence-corrected chi connectivity index (χ2v) is 6.27. The minimum absolute atomic E-state index is 0.584. The SMILES string of the molecule is Nc1ccc(Br)cc1SCCOc1ccccc1Cl. The van der Waals surface area contributed by atoms with E-state index < -0.39 is 0 Å². The fraction of sp³-hybridized carbons (Fsp3) is 0.143. The van der Waals surface area contributed by atoms with Gasteiger partial charge in [0, 0.05) is 20.8 Å². The highest BCUT2D eigenvalue weighted by molar-refractivity contribution is 9.10. The highest BCUT2D eigenvalue weighted by atomic mass is 79.9. The number of thioether (sulfide) groups is 1. The zero-order valence-corrected chi connectivity index (χ0v) is 13.3. The van der Waals surface area contributed by atoms with Gasteiger partial charge in [-0.25, -0.2) is 0 Å². The van der Waals surface area contributed by atoms with Crippen LogP contribution in [-0.2, 0) is 0 Å². The monoisotopic (exact) mass is 357 g/mol. The standard InChI is InChI=1S/C14H13BrClNOS/c15-10-5-6-12(17)14(9-10)19-8-7-18-13-4-2-1-3-11(13)16/h1-6,9H,7-8,17H2. The van der Waals surface area contributed by atoms with Crippen LogP contribution in [0.5, 0.6) is 5.75 Å². The van der Waals surface area contributed by atoms with Crippen molar-refractivity contribution in [2.75, 3.05) is 18.1 Å². The Hall–Kier alpha value is -0.840. The van der Waals surface area contributed by atoms with E-state index in [1.54, 1.807) is 11.8 Å². The van der Waals surface area contributed by atoms with Gasteiger partial charge in [-0.15, -0.1) is 11.8 Å². The molecule has 2 nitrogen and oxygen atoms in total. The van der Waals surface area contributed by atoms with Gasteiger partial charge in [0.1, 0.15) is 5.75 Å². The summed E-state index contributed by atoms with van der Waals surface area (Å²) in [5.74, 6) is 1.53. The number of ether oxygens (including phenoxy) is 1. The number of nitrogens with two attached hydrogens (primary N) is 1. The quantitative estimate of drug-likeness (QED) is 0.471. The Labute approximate surface area is 130 Å². The van der Waals surface area contributed by atoms with Crippen LogP contribution in [0, 0.1) is 0 Å². The first-order chi connectivity index (χ1) is 9.16. The van der Waals surface area contributed by atoms with Crippen molar-refractivity contribution in [3.8, 4) is 5.75 Å². The molecule has 0 fully saturated rings. The molecule has 0 atom stereocenters. The molecule has 2 rings (SSSR count). The van der Waals surface area contributed by atoms with Gasteiger partial charge in [0.25, 0.3) is 0 Å². The van der Waals surface area contributed by atoms with Crippen molar-refractivity contribution in [3.05, 3.63) is 52.0 Å². The number of hydrogen-bond acceptors (Lipinski definition) is 3. The molecule has 100 valence electrons. The van der Waals surface area contributed by atoms with E-state index in [2.05, 4.69) is 15.9 Å². The molecule has 2 aromatic carbocycles. The minimum Gasteiger partial charge on any atom is -0.491 e. The van der Waals surface area contributed by atoms with Crippen molar-refractivity contribution in [2.24, 2.45) is 0 Å². The molecule has 0 aliphatic rings. The summed E-state index contributed by atoms with van der Waals surface area (Å²) >= 11 is 11.1. The number of para-hydroxylation sites is 1. The van der Waals surface area contributed by atoms with E-state index in [9.17, 15) is 0 Å². The summed E-state index contributed by atoms with van der Waals surface area (Å²) in [7, 11) is 0. The predicted molar refractivity (Wildman–Crippen MR) is 86.2 cm³/mol. The van der Waals surface area contributed by atoms with Gasteiger partial charge in [0.2, 0.25) is 0 Å². The normalized spacial score (nSPS) is 10.4. The van der Waals surface area contributed by atoms with E-state index in [1.165, 1.54) is 0 Å². The molecule has 0 bridgehead atoms. The van der Waals surface area contributed by atoms with E-state index in [0.29, 0.717) is 17.4 Å². The Balaban J connectivity index is 1.84. The van der Waals surface area contributed by atoms with Crippen LogP contribution >= 0.6 is 39.3 Å². The van der Waals surface area contributed by atoms with Gasteiger partial charge < -0.3 is 10.5 Å². The third-order valence-corrected chi connectivity index (χ3v) is 4.25. The van der Waals surface area contributed by atoms with Gasteiger partial charge >= 0.3 is 0 Å². The average molecular weight is 359 g/mol. The van der Waals surface area contributed by atoms with E-state index in [0.717, 1.165) is 20.8 Å². The Morgan fingerprint density at radius 1 is 1.21 bits per heavy atom. The Morgan fingerprint density at radius 3 is 2.79 bits per heavy atom. The molecular formula is C14H13BrClNOS. The van der Waals surface area contributed by atoms with Gasteiger partial charge in [0.05, 0.1) is 11.6 Å². The summed E-state index contributed by atoms with van der Waals surface area (Å²) < 4.78 is 6.65. The molecule has 0 saturated heterocycles. The minimum atomic E-state index is 0.584. The highest BCUT2D eigenvalue weighted by Gasteiger charge is 2.03. The van der Waals surface area contributed by atoms with Crippen molar-refractivity contribution >= 4 is 45.0 Å². The number of benzene rings is 2. The van der Waals surface area contributed by atoms with Crippen LogP contribution in [0.4, 0.5) is 5.69 Å². The van der Waals surface area contributed by atoms with Crippen LogP contribution in [-0.4, -0.2) is 12.4 Å². The maximum Gasteiger partial charge on any atom is 0.137 e. The van der Waals surface area contributed by atoms with Crippen molar-refractivity contribution in [2.45, 2.75) is 4.90 Å². The first kappa shape index (κ1) is 14.6. The van der Waals surface area contributed by atoms with Gasteiger partial charge in [-0.1, -0.05) is 39.7 Å². The van der Waals surface area contributed by atoms with Crippen molar-refractivity contribution in [1.82, 2.24) is 0 Å². The first-order valence-corrected chi connectivity index (χ1v) is 7.87. The largest absolute Gasteiger partial charge is 0.491 e. The molecule has 0 spiro atoms. The van der Waals surface area contributed by atoms with E-state index in [1.807, 2.05) is 42.5 Å². The third kappa shape index (κ3) is 4.34. The number of rotatable bonds is 5. The second-order valence-electron chi connectivity index (χ2n) is 3.81. The molecule has 0 heterocycles. The predicted octanol–water partition coefficient (Wildman–Crippen LogP) is 4.86. The molecule has 0 unspecified atom stereocenters. The Bertz CT molecular complexity index is 565. The van der Waals surface area contributed by atoms with Crippen LogP contribution in [0.3, 0.4) is 0 Å².